The van der Waals surface area contributed by atoms with Crippen molar-refractivity contribution in [3.63, 3.8) is 0 Å². The second kappa shape index (κ2) is 8.66. The lowest BCUT2D eigenvalue weighted by Gasteiger charge is -2.40. The highest BCUT2D eigenvalue weighted by Gasteiger charge is 2.30. The van der Waals surface area contributed by atoms with E-state index >= 15 is 0 Å². The number of urea groups is 1. The lowest BCUT2D eigenvalue weighted by molar-refractivity contribution is 0.0971. The van der Waals surface area contributed by atoms with Crippen LogP contribution in [0.4, 0.5) is 10.5 Å². The first kappa shape index (κ1) is 18.9. The van der Waals surface area contributed by atoms with E-state index in [1.54, 1.807) is 11.3 Å². The lowest BCUT2D eigenvalue weighted by Crippen LogP contribution is -2.51. The van der Waals surface area contributed by atoms with Crippen LogP contribution in [0.3, 0.4) is 0 Å². The van der Waals surface area contributed by atoms with E-state index in [9.17, 15) is 4.79 Å². The maximum Gasteiger partial charge on any atom is 0.319 e. The van der Waals surface area contributed by atoms with E-state index in [0.29, 0.717) is 0 Å². The van der Waals surface area contributed by atoms with Gasteiger partial charge in [0.15, 0.2) is 0 Å². The molecule has 3 rings (SSSR count). The molecule has 26 heavy (non-hydrogen) atoms. The highest BCUT2D eigenvalue weighted by Crippen LogP contribution is 2.29. The summed E-state index contributed by atoms with van der Waals surface area (Å²) in [6, 6.07) is 12.2. The predicted octanol–water partition coefficient (Wildman–Crippen LogP) is 3.56. The topological polar surface area (TPSA) is 47.6 Å². The zero-order chi connectivity index (χ0) is 18.5. The molecule has 1 aliphatic heterocycles. The van der Waals surface area contributed by atoms with Crippen LogP contribution >= 0.6 is 11.3 Å². The van der Waals surface area contributed by atoms with Gasteiger partial charge in [0, 0.05) is 42.8 Å². The third kappa shape index (κ3) is 4.84. The van der Waals surface area contributed by atoms with Crippen molar-refractivity contribution in [2.24, 2.45) is 0 Å². The molecule has 1 aromatic carbocycles. The molecule has 2 atom stereocenters. The summed E-state index contributed by atoms with van der Waals surface area (Å²) in [5.41, 5.74) is 1.95. The number of nitrogens with zero attached hydrogens (tertiary/aromatic N) is 2. The summed E-state index contributed by atoms with van der Waals surface area (Å²) in [6.07, 6.45) is 0. The smallest absolute Gasteiger partial charge is 0.319 e. The van der Waals surface area contributed by atoms with Crippen LogP contribution in [-0.4, -0.2) is 55.1 Å². The van der Waals surface area contributed by atoms with E-state index in [-0.39, 0.29) is 18.1 Å². The molecule has 5 nitrogen and oxygen atoms in total. The van der Waals surface area contributed by atoms with Crippen LogP contribution in [0.15, 0.2) is 41.8 Å². The molecular weight excluding hydrogens is 344 g/mol. The molecule has 0 radical (unpaired) electrons. The maximum atomic E-state index is 12.5. The van der Waals surface area contributed by atoms with E-state index in [4.69, 9.17) is 0 Å². The van der Waals surface area contributed by atoms with Crippen molar-refractivity contribution in [3.05, 3.63) is 52.2 Å². The van der Waals surface area contributed by atoms with Crippen LogP contribution in [0.2, 0.25) is 0 Å². The van der Waals surface area contributed by atoms with Crippen LogP contribution in [0, 0.1) is 6.92 Å². The molecule has 0 aliphatic carbocycles. The first-order chi connectivity index (χ1) is 12.5. The number of nitrogens with one attached hydrogen (secondary N) is 2. The second-order valence-electron chi connectivity index (χ2n) is 7.06. The Morgan fingerprint density at radius 2 is 1.92 bits per heavy atom. The third-order valence-electron chi connectivity index (χ3n) is 4.87. The van der Waals surface area contributed by atoms with Crippen molar-refractivity contribution in [1.29, 1.82) is 0 Å². The molecule has 2 aromatic rings. The Morgan fingerprint density at radius 1 is 1.15 bits per heavy atom. The quantitative estimate of drug-likeness (QED) is 0.844. The van der Waals surface area contributed by atoms with E-state index in [2.05, 4.69) is 51.9 Å². The summed E-state index contributed by atoms with van der Waals surface area (Å²) in [7, 11) is 2.16. The summed E-state index contributed by atoms with van der Waals surface area (Å²) in [5.74, 6) is 0. The lowest BCUT2D eigenvalue weighted by atomic mass is 10.1. The van der Waals surface area contributed by atoms with Gasteiger partial charge in [-0.1, -0.05) is 18.2 Å². The molecule has 2 unspecified atom stereocenters. The number of carbonyl (C=O) groups is 1. The van der Waals surface area contributed by atoms with Crippen molar-refractivity contribution in [2.45, 2.75) is 25.9 Å². The highest BCUT2D eigenvalue weighted by molar-refractivity contribution is 7.10. The monoisotopic (exact) mass is 372 g/mol. The fourth-order valence-electron chi connectivity index (χ4n) is 3.48. The van der Waals surface area contributed by atoms with Gasteiger partial charge in [-0.2, -0.15) is 0 Å². The van der Waals surface area contributed by atoms with E-state index in [0.717, 1.165) is 37.4 Å². The van der Waals surface area contributed by atoms with E-state index in [1.807, 2.05) is 31.2 Å². The molecule has 140 valence electrons. The van der Waals surface area contributed by atoms with Crippen molar-refractivity contribution in [1.82, 2.24) is 15.1 Å². The Kier molecular flexibility index (Phi) is 6.29. The standard InChI is InChI=1S/C20H28N4OS/c1-15-6-4-7-17(14-15)22-20(25)21-16(2)19(18-8-5-13-26-18)24-11-9-23(3)10-12-24/h4-8,13-14,16,19H,9-12H2,1-3H3,(H2,21,22,25). The molecule has 2 amide bonds. The number of likely N-dealkylation sites (N-methyl/N-ethyl adjacent to an activating group) is 1. The van der Waals surface area contributed by atoms with Crippen molar-refractivity contribution in [3.8, 4) is 0 Å². The summed E-state index contributed by atoms with van der Waals surface area (Å²) >= 11 is 1.76. The Balaban J connectivity index is 1.67. The number of anilines is 1. The Hall–Kier alpha value is -1.89. The molecule has 1 saturated heterocycles. The molecular formula is C20H28N4OS. The summed E-state index contributed by atoms with van der Waals surface area (Å²) in [4.78, 5) is 18.6. The highest BCUT2D eigenvalue weighted by atomic mass is 32.1. The number of benzene rings is 1. The van der Waals surface area contributed by atoms with Crippen LogP contribution in [-0.2, 0) is 0 Å². The zero-order valence-corrected chi connectivity index (χ0v) is 16.6. The molecule has 1 aromatic heterocycles. The van der Waals surface area contributed by atoms with Crippen LogP contribution < -0.4 is 10.6 Å². The number of hydrogen-bond acceptors (Lipinski definition) is 4. The summed E-state index contributed by atoms with van der Waals surface area (Å²) in [5, 5.41) is 8.21. The van der Waals surface area contributed by atoms with Crippen LogP contribution in [0.1, 0.15) is 23.4 Å². The molecule has 1 aliphatic rings. The summed E-state index contributed by atoms with van der Waals surface area (Å²) in [6.45, 7) is 8.27. The number of carbonyl (C=O) groups excluding carboxylic acids is 1. The minimum Gasteiger partial charge on any atom is -0.333 e. The first-order valence-corrected chi connectivity index (χ1v) is 10.0. The third-order valence-corrected chi connectivity index (χ3v) is 5.82. The van der Waals surface area contributed by atoms with Crippen LogP contribution in [0.25, 0.3) is 0 Å². The molecule has 6 heteroatoms. The average Bonchev–Trinajstić information content (AvgIpc) is 3.11. The molecule has 2 heterocycles. The predicted molar refractivity (Wildman–Crippen MR) is 109 cm³/mol. The Labute approximate surface area is 160 Å². The molecule has 0 spiro atoms. The largest absolute Gasteiger partial charge is 0.333 e. The van der Waals surface area contributed by atoms with Gasteiger partial charge in [-0.25, -0.2) is 4.79 Å². The normalized spacial score (nSPS) is 18.3. The SMILES string of the molecule is Cc1cccc(NC(=O)NC(C)C(c2cccs2)N2CCN(C)CC2)c1. The van der Waals surface area contributed by atoms with E-state index < -0.39 is 0 Å². The Morgan fingerprint density at radius 3 is 2.58 bits per heavy atom. The van der Waals surface area contributed by atoms with Gasteiger partial charge in [0.1, 0.15) is 0 Å². The van der Waals surface area contributed by atoms with Crippen molar-refractivity contribution < 1.29 is 4.79 Å². The van der Waals surface area contributed by atoms with Gasteiger partial charge in [0.05, 0.1) is 6.04 Å². The number of hydrogen-bond donors (Lipinski definition) is 2. The minimum atomic E-state index is -0.154. The molecule has 2 N–H and O–H groups in total. The van der Waals surface area contributed by atoms with Gasteiger partial charge in [0.25, 0.3) is 0 Å². The minimum absolute atomic E-state index is 0.0156. The zero-order valence-electron chi connectivity index (χ0n) is 15.7. The van der Waals surface area contributed by atoms with Gasteiger partial charge >= 0.3 is 6.03 Å². The number of thiophene rings is 1. The second-order valence-corrected chi connectivity index (χ2v) is 8.04. The number of amides is 2. The number of aryl methyl sites for hydroxylation is 1. The maximum absolute atomic E-state index is 12.5. The van der Waals surface area contributed by atoms with Gasteiger partial charge in [-0.15, -0.1) is 11.3 Å². The van der Waals surface area contributed by atoms with Gasteiger partial charge in [-0.05, 0) is 50.0 Å². The Bertz CT molecular complexity index is 710. The van der Waals surface area contributed by atoms with Gasteiger partial charge in [-0.3, -0.25) is 4.90 Å². The molecule has 1 fully saturated rings. The van der Waals surface area contributed by atoms with Gasteiger partial charge in [0.2, 0.25) is 0 Å². The fourth-order valence-corrected chi connectivity index (χ4v) is 4.44. The molecule has 0 saturated carbocycles. The molecule has 0 bridgehead atoms. The number of rotatable bonds is 5. The van der Waals surface area contributed by atoms with E-state index in [1.165, 1.54) is 4.88 Å². The average molecular weight is 373 g/mol. The van der Waals surface area contributed by atoms with Crippen LogP contribution in [0.5, 0.6) is 0 Å². The van der Waals surface area contributed by atoms with Crippen molar-refractivity contribution in [2.75, 3.05) is 38.5 Å². The fraction of sp³-hybridized carbons (Fsp3) is 0.450. The number of piperazine rings is 1. The van der Waals surface area contributed by atoms with Gasteiger partial charge < -0.3 is 15.5 Å². The first-order valence-electron chi connectivity index (χ1n) is 9.13. The van der Waals surface area contributed by atoms with Crippen molar-refractivity contribution >= 4 is 23.1 Å². The summed E-state index contributed by atoms with van der Waals surface area (Å²) < 4.78 is 0.